The molecule has 1 aromatic carbocycles. The summed E-state index contributed by atoms with van der Waals surface area (Å²) in [5.41, 5.74) is 8.74. The number of hydrogen-bond acceptors (Lipinski definition) is 2. The minimum Gasteiger partial charge on any atom is -0.496 e. The van der Waals surface area contributed by atoms with Crippen LogP contribution in [-0.2, 0) is 6.42 Å². The van der Waals surface area contributed by atoms with Crippen molar-refractivity contribution >= 4 is 11.6 Å². The summed E-state index contributed by atoms with van der Waals surface area (Å²) in [6.45, 7) is 4.58. The van der Waals surface area contributed by atoms with E-state index < -0.39 is 0 Å². The lowest BCUT2D eigenvalue weighted by Gasteiger charge is -2.14. The molecule has 0 atom stereocenters. The average molecular weight is 214 g/mol. The second-order valence-electron chi connectivity index (χ2n) is 3.36. The molecule has 3 heteroatoms. The number of aryl methyl sites for hydroxylation is 1. The summed E-state index contributed by atoms with van der Waals surface area (Å²) in [5.74, 6) is 0.867. The van der Waals surface area contributed by atoms with Gasteiger partial charge in [0.1, 0.15) is 5.75 Å². The minimum absolute atomic E-state index is 0.622. The molecule has 0 aliphatic rings. The number of ether oxygens (including phenoxy) is 1. The molecule has 0 heterocycles. The zero-order valence-corrected chi connectivity index (χ0v) is 9.61. The fourth-order valence-electron chi connectivity index (χ4n) is 1.65. The van der Waals surface area contributed by atoms with Crippen molar-refractivity contribution in [3.05, 3.63) is 27.8 Å². The van der Waals surface area contributed by atoms with E-state index in [1.54, 1.807) is 7.11 Å². The van der Waals surface area contributed by atoms with Gasteiger partial charge in [-0.3, -0.25) is 0 Å². The van der Waals surface area contributed by atoms with Crippen LogP contribution in [0.25, 0.3) is 0 Å². The van der Waals surface area contributed by atoms with Crippen LogP contribution in [0.2, 0.25) is 5.02 Å². The highest BCUT2D eigenvalue weighted by Gasteiger charge is 2.11. The third-order valence-electron chi connectivity index (χ3n) is 2.32. The maximum Gasteiger partial charge on any atom is 0.126 e. The smallest absolute Gasteiger partial charge is 0.126 e. The van der Waals surface area contributed by atoms with E-state index in [-0.39, 0.29) is 0 Å². The van der Waals surface area contributed by atoms with Gasteiger partial charge in [-0.05, 0) is 37.9 Å². The minimum atomic E-state index is 0.622. The molecule has 0 saturated carbocycles. The Labute approximate surface area is 90.0 Å². The first kappa shape index (κ1) is 11.3. The topological polar surface area (TPSA) is 35.2 Å². The fraction of sp³-hybridized carbons (Fsp3) is 0.455. The number of hydrogen-bond donors (Lipinski definition) is 1. The summed E-state index contributed by atoms with van der Waals surface area (Å²) >= 11 is 6.12. The van der Waals surface area contributed by atoms with Gasteiger partial charge in [-0.15, -0.1) is 0 Å². The summed E-state index contributed by atoms with van der Waals surface area (Å²) in [7, 11) is 1.66. The van der Waals surface area contributed by atoms with Gasteiger partial charge < -0.3 is 10.5 Å². The van der Waals surface area contributed by atoms with Crippen LogP contribution in [-0.4, -0.2) is 13.7 Å². The first-order valence-electron chi connectivity index (χ1n) is 4.64. The second-order valence-corrected chi connectivity index (χ2v) is 3.74. The number of halogens is 1. The Balaban J connectivity index is 3.28. The lowest BCUT2D eigenvalue weighted by atomic mass is 10.0. The fourth-order valence-corrected chi connectivity index (χ4v) is 1.79. The van der Waals surface area contributed by atoms with Crippen LogP contribution in [0.15, 0.2) is 6.07 Å². The molecule has 0 aliphatic carbocycles. The van der Waals surface area contributed by atoms with E-state index in [1.807, 2.05) is 19.9 Å². The standard InChI is InChI=1S/C11H16ClNO/c1-7-6-9(4-5-13)11(14-3)8(2)10(7)12/h6H,4-5,13H2,1-3H3. The quantitative estimate of drug-likeness (QED) is 0.837. The maximum absolute atomic E-state index is 6.12. The highest BCUT2D eigenvalue weighted by molar-refractivity contribution is 6.32. The van der Waals surface area contributed by atoms with E-state index in [4.69, 9.17) is 22.1 Å². The van der Waals surface area contributed by atoms with Crippen molar-refractivity contribution in [3.63, 3.8) is 0 Å². The molecule has 0 radical (unpaired) electrons. The Morgan fingerprint density at radius 1 is 1.43 bits per heavy atom. The van der Waals surface area contributed by atoms with E-state index in [1.165, 1.54) is 0 Å². The molecule has 0 unspecified atom stereocenters. The number of benzene rings is 1. The van der Waals surface area contributed by atoms with E-state index in [0.717, 1.165) is 33.9 Å². The van der Waals surface area contributed by atoms with E-state index in [0.29, 0.717) is 6.54 Å². The van der Waals surface area contributed by atoms with Gasteiger partial charge in [-0.1, -0.05) is 17.7 Å². The number of methoxy groups -OCH3 is 1. The van der Waals surface area contributed by atoms with Gasteiger partial charge >= 0.3 is 0 Å². The van der Waals surface area contributed by atoms with Crippen molar-refractivity contribution in [2.75, 3.05) is 13.7 Å². The molecular formula is C11H16ClNO. The lowest BCUT2D eigenvalue weighted by Crippen LogP contribution is -2.06. The molecule has 2 N–H and O–H groups in total. The molecule has 1 rings (SSSR count). The molecule has 0 bridgehead atoms. The molecule has 0 aromatic heterocycles. The van der Waals surface area contributed by atoms with Crippen molar-refractivity contribution in [2.24, 2.45) is 5.73 Å². The van der Waals surface area contributed by atoms with Crippen molar-refractivity contribution in [1.29, 1.82) is 0 Å². The summed E-state index contributed by atoms with van der Waals surface area (Å²) < 4.78 is 5.32. The maximum atomic E-state index is 6.12. The summed E-state index contributed by atoms with van der Waals surface area (Å²) in [6.07, 6.45) is 0.821. The first-order chi connectivity index (χ1) is 6.61. The number of nitrogens with two attached hydrogens (primary N) is 1. The molecule has 0 spiro atoms. The summed E-state index contributed by atoms with van der Waals surface area (Å²) in [6, 6.07) is 2.04. The highest BCUT2D eigenvalue weighted by Crippen LogP contribution is 2.32. The van der Waals surface area contributed by atoms with Crippen molar-refractivity contribution in [3.8, 4) is 5.75 Å². The van der Waals surface area contributed by atoms with Crippen molar-refractivity contribution in [1.82, 2.24) is 0 Å². The molecule has 2 nitrogen and oxygen atoms in total. The zero-order valence-electron chi connectivity index (χ0n) is 8.86. The van der Waals surface area contributed by atoms with Gasteiger partial charge in [0.2, 0.25) is 0 Å². The Hall–Kier alpha value is -0.730. The largest absolute Gasteiger partial charge is 0.496 e. The van der Waals surface area contributed by atoms with Crippen LogP contribution in [0.4, 0.5) is 0 Å². The van der Waals surface area contributed by atoms with Crippen LogP contribution in [0.5, 0.6) is 5.75 Å². The zero-order chi connectivity index (χ0) is 10.7. The average Bonchev–Trinajstić information content (AvgIpc) is 2.16. The van der Waals surface area contributed by atoms with Crippen LogP contribution in [0.3, 0.4) is 0 Å². The van der Waals surface area contributed by atoms with Gasteiger partial charge in [-0.2, -0.15) is 0 Å². The van der Waals surface area contributed by atoms with Crippen LogP contribution < -0.4 is 10.5 Å². The van der Waals surface area contributed by atoms with Crippen molar-refractivity contribution < 1.29 is 4.74 Å². The van der Waals surface area contributed by atoms with E-state index >= 15 is 0 Å². The normalized spacial score (nSPS) is 10.4. The summed E-state index contributed by atoms with van der Waals surface area (Å²) in [5, 5.41) is 0.780. The Kier molecular flexibility index (Phi) is 3.78. The molecule has 14 heavy (non-hydrogen) atoms. The first-order valence-corrected chi connectivity index (χ1v) is 5.02. The van der Waals surface area contributed by atoms with Crippen molar-refractivity contribution in [2.45, 2.75) is 20.3 Å². The molecule has 78 valence electrons. The molecule has 1 aromatic rings. The van der Waals surface area contributed by atoms with Crippen LogP contribution in [0.1, 0.15) is 16.7 Å². The van der Waals surface area contributed by atoms with Crippen LogP contribution >= 0.6 is 11.6 Å². The van der Waals surface area contributed by atoms with Gasteiger partial charge in [0.05, 0.1) is 12.1 Å². The van der Waals surface area contributed by atoms with Gasteiger partial charge in [0.25, 0.3) is 0 Å². The third-order valence-corrected chi connectivity index (χ3v) is 2.90. The monoisotopic (exact) mass is 213 g/mol. The van der Waals surface area contributed by atoms with Crippen LogP contribution in [0, 0.1) is 13.8 Å². The summed E-state index contributed by atoms with van der Waals surface area (Å²) in [4.78, 5) is 0. The van der Waals surface area contributed by atoms with Gasteiger partial charge in [0, 0.05) is 5.56 Å². The van der Waals surface area contributed by atoms with E-state index in [9.17, 15) is 0 Å². The SMILES string of the molecule is COc1c(CCN)cc(C)c(Cl)c1C. The second kappa shape index (κ2) is 4.67. The molecular weight excluding hydrogens is 198 g/mol. The Bertz CT molecular complexity index is 337. The van der Waals surface area contributed by atoms with Gasteiger partial charge in [0.15, 0.2) is 0 Å². The van der Waals surface area contributed by atoms with Gasteiger partial charge in [-0.25, -0.2) is 0 Å². The predicted octanol–water partition coefficient (Wildman–Crippen LogP) is 2.47. The van der Waals surface area contributed by atoms with E-state index in [2.05, 4.69) is 0 Å². The molecule has 0 saturated heterocycles. The lowest BCUT2D eigenvalue weighted by molar-refractivity contribution is 0.406. The molecule has 0 amide bonds. The molecule has 0 aliphatic heterocycles. The number of rotatable bonds is 3. The third kappa shape index (κ3) is 2.02. The predicted molar refractivity (Wildman–Crippen MR) is 60.2 cm³/mol. The Morgan fingerprint density at radius 2 is 2.07 bits per heavy atom. The Morgan fingerprint density at radius 3 is 2.57 bits per heavy atom. The molecule has 0 fully saturated rings. The highest BCUT2D eigenvalue weighted by atomic mass is 35.5.